The number of hydrogen-bond donors (Lipinski definition) is 1. The van der Waals surface area contributed by atoms with Crippen molar-refractivity contribution in [2.45, 2.75) is 25.9 Å². The van der Waals surface area contributed by atoms with Crippen molar-refractivity contribution in [1.82, 2.24) is 5.32 Å². The van der Waals surface area contributed by atoms with Gasteiger partial charge in [-0.3, -0.25) is 4.79 Å². The average molecular weight is 233 g/mol. The van der Waals surface area contributed by atoms with E-state index in [1.54, 1.807) is 0 Å². The first-order valence-electron chi connectivity index (χ1n) is 6.20. The normalized spacial score (nSPS) is 18.6. The highest BCUT2D eigenvalue weighted by Gasteiger charge is 2.27. The van der Waals surface area contributed by atoms with Crippen molar-refractivity contribution in [3.05, 3.63) is 35.9 Å². The fourth-order valence-electron chi connectivity index (χ4n) is 2.40. The summed E-state index contributed by atoms with van der Waals surface area (Å²) < 4.78 is 5.51. The molecule has 92 valence electrons. The zero-order valence-electron chi connectivity index (χ0n) is 10.2. The Bertz CT molecular complexity index is 358. The van der Waals surface area contributed by atoms with Gasteiger partial charge in [0.05, 0.1) is 0 Å². The van der Waals surface area contributed by atoms with Gasteiger partial charge in [-0.2, -0.15) is 0 Å². The van der Waals surface area contributed by atoms with E-state index >= 15 is 0 Å². The lowest BCUT2D eigenvalue weighted by atomic mass is 9.88. The minimum atomic E-state index is -0.197. The monoisotopic (exact) mass is 233 g/mol. The summed E-state index contributed by atoms with van der Waals surface area (Å²) in [5.41, 5.74) is 1.11. The average Bonchev–Trinajstić information content (AvgIpc) is 2.38. The van der Waals surface area contributed by atoms with E-state index in [0.29, 0.717) is 5.92 Å². The molecule has 1 aliphatic heterocycles. The minimum Gasteiger partial charge on any atom is -0.457 e. The second kappa shape index (κ2) is 5.82. The summed E-state index contributed by atoms with van der Waals surface area (Å²) in [5.74, 6) is 0.236. The SMILES string of the molecule is CC(=O)O[C@@H](c1ccccc1)C1CCNCC1. The summed E-state index contributed by atoms with van der Waals surface area (Å²) in [5, 5.41) is 3.33. The summed E-state index contributed by atoms with van der Waals surface area (Å²) in [6.45, 7) is 3.50. The fourth-order valence-corrected chi connectivity index (χ4v) is 2.40. The summed E-state index contributed by atoms with van der Waals surface area (Å²) in [6.07, 6.45) is 2.04. The number of benzene rings is 1. The first-order valence-corrected chi connectivity index (χ1v) is 6.20. The quantitative estimate of drug-likeness (QED) is 0.814. The third-order valence-electron chi connectivity index (χ3n) is 3.23. The van der Waals surface area contributed by atoms with Crippen molar-refractivity contribution in [2.75, 3.05) is 13.1 Å². The molecule has 0 radical (unpaired) electrons. The summed E-state index contributed by atoms with van der Waals surface area (Å²) in [7, 11) is 0. The molecule has 1 aromatic rings. The van der Waals surface area contributed by atoms with E-state index in [1.165, 1.54) is 6.92 Å². The molecule has 3 nitrogen and oxygen atoms in total. The molecule has 1 fully saturated rings. The van der Waals surface area contributed by atoms with Gasteiger partial charge in [-0.05, 0) is 31.5 Å². The van der Waals surface area contributed by atoms with Gasteiger partial charge in [-0.1, -0.05) is 30.3 Å². The Balaban J connectivity index is 2.15. The zero-order chi connectivity index (χ0) is 12.1. The Labute approximate surface area is 102 Å². The Kier molecular flexibility index (Phi) is 4.15. The molecule has 0 bridgehead atoms. The molecule has 1 aliphatic rings. The van der Waals surface area contributed by atoms with Crippen molar-refractivity contribution in [2.24, 2.45) is 5.92 Å². The van der Waals surface area contributed by atoms with Gasteiger partial charge >= 0.3 is 5.97 Å². The molecule has 17 heavy (non-hydrogen) atoms. The number of ether oxygens (including phenoxy) is 1. The van der Waals surface area contributed by atoms with Crippen LogP contribution in [-0.2, 0) is 9.53 Å². The van der Waals surface area contributed by atoms with Crippen LogP contribution in [0.15, 0.2) is 30.3 Å². The van der Waals surface area contributed by atoms with Crippen LogP contribution in [0.2, 0.25) is 0 Å². The van der Waals surface area contributed by atoms with E-state index in [-0.39, 0.29) is 12.1 Å². The summed E-state index contributed by atoms with van der Waals surface area (Å²) in [6, 6.07) is 10.0. The molecule has 1 aromatic carbocycles. The lowest BCUT2D eigenvalue weighted by Crippen LogP contribution is -2.32. The van der Waals surface area contributed by atoms with Gasteiger partial charge in [0.25, 0.3) is 0 Å². The number of piperidine rings is 1. The number of esters is 1. The van der Waals surface area contributed by atoms with Crippen molar-refractivity contribution in [3.63, 3.8) is 0 Å². The van der Waals surface area contributed by atoms with Gasteiger partial charge < -0.3 is 10.1 Å². The highest BCUT2D eigenvalue weighted by atomic mass is 16.5. The predicted molar refractivity (Wildman–Crippen MR) is 66.5 cm³/mol. The second-order valence-electron chi connectivity index (χ2n) is 4.53. The maximum atomic E-state index is 11.2. The zero-order valence-corrected chi connectivity index (χ0v) is 10.2. The van der Waals surface area contributed by atoms with Crippen molar-refractivity contribution in [1.29, 1.82) is 0 Å². The summed E-state index contributed by atoms with van der Waals surface area (Å²) in [4.78, 5) is 11.2. The van der Waals surface area contributed by atoms with Gasteiger partial charge in [0.1, 0.15) is 6.10 Å². The third kappa shape index (κ3) is 3.30. The Morgan fingerprint density at radius 3 is 2.53 bits per heavy atom. The van der Waals surface area contributed by atoms with Crippen molar-refractivity contribution < 1.29 is 9.53 Å². The molecule has 2 rings (SSSR count). The Morgan fingerprint density at radius 1 is 1.29 bits per heavy atom. The maximum absolute atomic E-state index is 11.2. The van der Waals surface area contributed by atoms with Gasteiger partial charge in [-0.25, -0.2) is 0 Å². The highest BCUT2D eigenvalue weighted by Crippen LogP contribution is 2.32. The predicted octanol–water partition coefficient (Wildman–Crippen LogP) is 2.29. The molecule has 0 unspecified atom stereocenters. The smallest absolute Gasteiger partial charge is 0.303 e. The molecule has 0 aliphatic carbocycles. The maximum Gasteiger partial charge on any atom is 0.303 e. The molecule has 0 amide bonds. The van der Waals surface area contributed by atoms with Gasteiger partial charge in [0, 0.05) is 12.8 Å². The molecule has 0 saturated carbocycles. The summed E-state index contributed by atoms with van der Waals surface area (Å²) >= 11 is 0. The van der Waals surface area contributed by atoms with Gasteiger partial charge in [-0.15, -0.1) is 0 Å². The molecule has 0 spiro atoms. The number of hydrogen-bond acceptors (Lipinski definition) is 3. The van der Waals surface area contributed by atoms with E-state index in [0.717, 1.165) is 31.5 Å². The molecular weight excluding hydrogens is 214 g/mol. The van der Waals surface area contributed by atoms with Crippen molar-refractivity contribution in [3.8, 4) is 0 Å². The molecule has 1 saturated heterocycles. The number of carbonyl (C=O) groups excluding carboxylic acids is 1. The number of nitrogens with one attached hydrogen (secondary N) is 1. The highest BCUT2D eigenvalue weighted by molar-refractivity contribution is 5.66. The topological polar surface area (TPSA) is 38.3 Å². The van der Waals surface area contributed by atoms with Crippen LogP contribution in [0.5, 0.6) is 0 Å². The van der Waals surface area contributed by atoms with Crippen LogP contribution >= 0.6 is 0 Å². The Hall–Kier alpha value is -1.35. The second-order valence-corrected chi connectivity index (χ2v) is 4.53. The third-order valence-corrected chi connectivity index (χ3v) is 3.23. The van der Waals surface area contributed by atoms with E-state index in [1.807, 2.05) is 30.3 Å². The van der Waals surface area contributed by atoms with Crippen LogP contribution in [0.4, 0.5) is 0 Å². The first kappa shape index (κ1) is 12.1. The lowest BCUT2D eigenvalue weighted by Gasteiger charge is -2.30. The first-order chi connectivity index (χ1) is 8.27. The largest absolute Gasteiger partial charge is 0.457 e. The molecule has 1 heterocycles. The lowest BCUT2D eigenvalue weighted by molar-refractivity contribution is -0.150. The number of rotatable bonds is 3. The minimum absolute atomic E-state index is 0.0872. The van der Waals surface area contributed by atoms with Crippen LogP contribution < -0.4 is 5.32 Å². The number of carbonyl (C=O) groups is 1. The Morgan fingerprint density at radius 2 is 1.94 bits per heavy atom. The van der Waals surface area contributed by atoms with E-state index in [2.05, 4.69) is 5.32 Å². The van der Waals surface area contributed by atoms with Crippen LogP contribution in [-0.4, -0.2) is 19.1 Å². The van der Waals surface area contributed by atoms with Crippen LogP contribution in [0.1, 0.15) is 31.4 Å². The molecule has 1 atom stereocenters. The van der Waals surface area contributed by atoms with E-state index in [9.17, 15) is 4.79 Å². The molecular formula is C14H19NO2. The molecule has 0 aromatic heterocycles. The molecule has 1 N–H and O–H groups in total. The van der Waals surface area contributed by atoms with Gasteiger partial charge in [0.15, 0.2) is 0 Å². The van der Waals surface area contributed by atoms with Crippen LogP contribution in [0.25, 0.3) is 0 Å². The van der Waals surface area contributed by atoms with Crippen molar-refractivity contribution >= 4 is 5.97 Å². The van der Waals surface area contributed by atoms with E-state index < -0.39 is 0 Å². The molecule has 3 heteroatoms. The van der Waals surface area contributed by atoms with Crippen LogP contribution in [0.3, 0.4) is 0 Å². The fraction of sp³-hybridized carbons (Fsp3) is 0.500. The van der Waals surface area contributed by atoms with Crippen LogP contribution in [0, 0.1) is 5.92 Å². The van der Waals surface area contributed by atoms with E-state index in [4.69, 9.17) is 4.74 Å². The standard InChI is InChI=1S/C14H19NO2/c1-11(16)17-14(12-5-3-2-4-6-12)13-7-9-15-10-8-13/h2-6,13-15H,7-10H2,1H3/t14-/m0/s1. The van der Waals surface area contributed by atoms with Gasteiger partial charge in [0.2, 0.25) is 0 Å².